The number of anilines is 1. The number of hydrogen-bond donors (Lipinski definition) is 2. The van der Waals surface area contributed by atoms with E-state index in [-0.39, 0.29) is 5.91 Å². The summed E-state index contributed by atoms with van der Waals surface area (Å²) in [7, 11) is 3.24. The number of amides is 1. The van der Waals surface area contributed by atoms with Crippen molar-refractivity contribution in [2.24, 2.45) is 5.92 Å². The van der Waals surface area contributed by atoms with Gasteiger partial charge in [0.2, 0.25) is 5.95 Å². The van der Waals surface area contributed by atoms with Crippen molar-refractivity contribution in [1.29, 1.82) is 0 Å². The monoisotopic (exact) mass is 372 g/mol. The fraction of sp³-hybridized carbons (Fsp3) is 0.450. The zero-order valence-corrected chi connectivity index (χ0v) is 16.4. The van der Waals surface area contributed by atoms with Crippen LogP contribution in [0.3, 0.4) is 0 Å². The van der Waals surface area contributed by atoms with Gasteiger partial charge in [-0.15, -0.1) is 0 Å². The predicted molar refractivity (Wildman–Crippen MR) is 106 cm³/mol. The lowest BCUT2D eigenvalue weighted by Gasteiger charge is -2.10. The molecular weight excluding hydrogens is 344 g/mol. The number of benzene rings is 1. The first-order valence-electron chi connectivity index (χ1n) is 9.08. The lowest BCUT2D eigenvalue weighted by Crippen LogP contribution is -2.25. The molecule has 0 aliphatic heterocycles. The first-order chi connectivity index (χ1) is 13.0. The third-order valence-electron chi connectivity index (χ3n) is 4.07. The van der Waals surface area contributed by atoms with Crippen molar-refractivity contribution in [3.05, 3.63) is 41.7 Å². The highest BCUT2D eigenvalue weighted by molar-refractivity contribution is 5.93. The molecule has 2 aromatic rings. The van der Waals surface area contributed by atoms with Crippen LogP contribution >= 0.6 is 0 Å². The Balaban J connectivity index is 1.82. The Morgan fingerprint density at radius 2 is 1.78 bits per heavy atom. The molecule has 2 N–H and O–H groups in total. The number of aromatic nitrogens is 2. The Morgan fingerprint density at radius 1 is 1.07 bits per heavy atom. The topological polar surface area (TPSA) is 85.4 Å². The van der Waals surface area contributed by atoms with E-state index in [4.69, 9.17) is 9.47 Å². The highest BCUT2D eigenvalue weighted by Gasteiger charge is 2.08. The molecule has 0 bridgehead atoms. The molecule has 7 nitrogen and oxygen atoms in total. The Labute approximate surface area is 160 Å². The summed E-state index contributed by atoms with van der Waals surface area (Å²) in [6.07, 6.45) is 4.80. The fourth-order valence-corrected chi connectivity index (χ4v) is 2.47. The number of ether oxygens (including phenoxy) is 2. The van der Waals surface area contributed by atoms with Crippen molar-refractivity contribution in [2.75, 3.05) is 32.6 Å². The van der Waals surface area contributed by atoms with Crippen molar-refractivity contribution in [3.8, 4) is 11.5 Å². The van der Waals surface area contributed by atoms with Crippen molar-refractivity contribution in [2.45, 2.75) is 26.7 Å². The zero-order chi connectivity index (χ0) is 19.6. The fourth-order valence-electron chi connectivity index (χ4n) is 2.47. The number of nitrogens with zero attached hydrogens (tertiary/aromatic N) is 2. The third kappa shape index (κ3) is 6.44. The highest BCUT2D eigenvalue weighted by atomic mass is 16.5. The summed E-state index contributed by atoms with van der Waals surface area (Å²) < 4.78 is 10.5. The molecule has 0 saturated carbocycles. The van der Waals surface area contributed by atoms with Gasteiger partial charge in [0.15, 0.2) is 11.5 Å². The summed E-state index contributed by atoms with van der Waals surface area (Å²) in [5.41, 5.74) is 1.57. The Kier molecular flexibility index (Phi) is 7.85. The van der Waals surface area contributed by atoms with Gasteiger partial charge in [-0.1, -0.05) is 19.9 Å². The van der Waals surface area contributed by atoms with Crippen molar-refractivity contribution < 1.29 is 14.3 Å². The summed E-state index contributed by atoms with van der Waals surface area (Å²) in [6, 6.07) is 5.83. The second-order valence-electron chi connectivity index (χ2n) is 6.60. The standard InChI is InChI=1S/C20H28N4O3/c1-14(2)7-9-21-19(25)16-12-23-20(24-13-16)22-10-8-15-5-6-17(26-3)18(11-15)27-4/h5-6,11-14H,7-10H2,1-4H3,(H,21,25)(H,22,23,24). The van der Waals surface area contributed by atoms with Crippen LogP contribution in [0.5, 0.6) is 11.5 Å². The molecule has 0 aliphatic carbocycles. The summed E-state index contributed by atoms with van der Waals surface area (Å²) >= 11 is 0. The molecule has 1 aromatic heterocycles. The van der Waals surface area contributed by atoms with Gasteiger partial charge in [0.1, 0.15) is 0 Å². The molecule has 146 valence electrons. The number of hydrogen-bond acceptors (Lipinski definition) is 6. The molecule has 1 amide bonds. The van der Waals surface area contributed by atoms with Gasteiger partial charge in [0.05, 0.1) is 19.8 Å². The quantitative estimate of drug-likeness (QED) is 0.667. The molecule has 0 unspecified atom stereocenters. The minimum absolute atomic E-state index is 0.146. The number of carbonyl (C=O) groups excluding carboxylic acids is 1. The summed E-state index contributed by atoms with van der Waals surface area (Å²) in [4.78, 5) is 20.4. The maximum Gasteiger partial charge on any atom is 0.254 e. The van der Waals surface area contributed by atoms with Crippen LogP contribution in [-0.2, 0) is 6.42 Å². The van der Waals surface area contributed by atoms with Gasteiger partial charge in [-0.05, 0) is 36.5 Å². The van der Waals surface area contributed by atoms with Gasteiger partial charge < -0.3 is 20.1 Å². The molecule has 1 aromatic carbocycles. The molecule has 0 atom stereocenters. The molecule has 0 spiro atoms. The van der Waals surface area contributed by atoms with E-state index < -0.39 is 0 Å². The average Bonchev–Trinajstić information content (AvgIpc) is 2.68. The highest BCUT2D eigenvalue weighted by Crippen LogP contribution is 2.27. The van der Waals surface area contributed by atoms with Gasteiger partial charge >= 0.3 is 0 Å². The van der Waals surface area contributed by atoms with E-state index in [1.807, 2.05) is 18.2 Å². The summed E-state index contributed by atoms with van der Waals surface area (Å²) in [5, 5.41) is 6.03. The van der Waals surface area contributed by atoms with Gasteiger partial charge in [0, 0.05) is 25.5 Å². The van der Waals surface area contributed by atoms with Crippen LogP contribution in [0.15, 0.2) is 30.6 Å². The molecule has 7 heteroatoms. The van der Waals surface area contributed by atoms with Gasteiger partial charge in [0.25, 0.3) is 5.91 Å². The zero-order valence-electron chi connectivity index (χ0n) is 16.4. The second kappa shape index (κ2) is 10.4. The van der Waals surface area contributed by atoms with E-state index in [1.54, 1.807) is 14.2 Å². The maximum atomic E-state index is 12.0. The largest absolute Gasteiger partial charge is 0.493 e. The number of methoxy groups -OCH3 is 2. The predicted octanol–water partition coefficient (Wildman–Crippen LogP) is 2.92. The van der Waals surface area contributed by atoms with Gasteiger partial charge in [-0.25, -0.2) is 9.97 Å². The lowest BCUT2D eigenvalue weighted by molar-refractivity contribution is 0.0951. The van der Waals surface area contributed by atoms with Gasteiger partial charge in [-0.2, -0.15) is 0 Å². The lowest BCUT2D eigenvalue weighted by atomic mass is 10.1. The van der Waals surface area contributed by atoms with Crippen molar-refractivity contribution >= 4 is 11.9 Å². The van der Waals surface area contributed by atoms with E-state index in [0.29, 0.717) is 42.0 Å². The van der Waals surface area contributed by atoms with Crippen LogP contribution in [0.1, 0.15) is 36.2 Å². The van der Waals surface area contributed by atoms with Crippen LogP contribution in [0.25, 0.3) is 0 Å². The Hall–Kier alpha value is -2.83. The Bertz CT molecular complexity index is 733. The van der Waals surface area contributed by atoms with Crippen LogP contribution in [0.2, 0.25) is 0 Å². The smallest absolute Gasteiger partial charge is 0.254 e. The van der Waals surface area contributed by atoms with Crippen LogP contribution in [-0.4, -0.2) is 43.2 Å². The molecule has 1 heterocycles. The molecule has 0 saturated heterocycles. The van der Waals surface area contributed by atoms with E-state index >= 15 is 0 Å². The van der Waals surface area contributed by atoms with Crippen molar-refractivity contribution in [3.63, 3.8) is 0 Å². The first-order valence-corrected chi connectivity index (χ1v) is 9.08. The molecule has 0 aliphatic rings. The number of carbonyl (C=O) groups is 1. The van der Waals surface area contributed by atoms with Crippen LogP contribution in [0.4, 0.5) is 5.95 Å². The minimum Gasteiger partial charge on any atom is -0.493 e. The molecule has 2 rings (SSSR count). The van der Waals surface area contributed by atoms with E-state index in [1.165, 1.54) is 12.4 Å². The summed E-state index contributed by atoms with van der Waals surface area (Å²) in [5.74, 6) is 2.32. The van der Waals surface area contributed by atoms with E-state index in [2.05, 4.69) is 34.4 Å². The first kappa shape index (κ1) is 20.5. The van der Waals surface area contributed by atoms with E-state index in [9.17, 15) is 4.79 Å². The minimum atomic E-state index is -0.146. The summed E-state index contributed by atoms with van der Waals surface area (Å²) in [6.45, 7) is 5.56. The average molecular weight is 372 g/mol. The maximum absolute atomic E-state index is 12.0. The van der Waals surface area contributed by atoms with E-state index in [0.717, 1.165) is 18.4 Å². The third-order valence-corrected chi connectivity index (χ3v) is 4.07. The molecule has 27 heavy (non-hydrogen) atoms. The van der Waals surface area contributed by atoms with Crippen LogP contribution < -0.4 is 20.1 Å². The molecular formula is C20H28N4O3. The Morgan fingerprint density at radius 3 is 2.41 bits per heavy atom. The van der Waals surface area contributed by atoms with Crippen molar-refractivity contribution in [1.82, 2.24) is 15.3 Å². The molecule has 0 fully saturated rings. The SMILES string of the molecule is COc1ccc(CCNc2ncc(C(=O)NCCC(C)C)cn2)cc1OC. The second-order valence-corrected chi connectivity index (χ2v) is 6.60. The number of nitrogens with one attached hydrogen (secondary N) is 2. The molecule has 0 radical (unpaired) electrons. The normalized spacial score (nSPS) is 10.6. The van der Waals surface area contributed by atoms with Crippen LogP contribution in [0, 0.1) is 5.92 Å². The van der Waals surface area contributed by atoms with Gasteiger partial charge in [-0.3, -0.25) is 4.79 Å². The number of rotatable bonds is 10.